The van der Waals surface area contributed by atoms with Gasteiger partial charge >= 0.3 is 0 Å². The van der Waals surface area contributed by atoms with Gasteiger partial charge in [-0.15, -0.1) is 0 Å². The maximum Gasteiger partial charge on any atom is 0.179 e. The van der Waals surface area contributed by atoms with Crippen LogP contribution in [0.25, 0.3) is 0 Å². The van der Waals surface area contributed by atoms with E-state index in [1.165, 1.54) is 6.92 Å². The summed E-state index contributed by atoms with van der Waals surface area (Å²) in [7, 11) is 0. The number of imidazole rings is 1. The molecule has 96 valence electrons. The topological polar surface area (TPSA) is 58.7 Å². The number of carbonyl (C=O) groups excluding carboxylic acids is 1. The second kappa shape index (κ2) is 5.49. The Balaban J connectivity index is 2.32. The van der Waals surface area contributed by atoms with Crippen LogP contribution < -0.4 is 0 Å². The van der Waals surface area contributed by atoms with Crippen molar-refractivity contribution in [2.45, 2.75) is 26.8 Å². The summed E-state index contributed by atoms with van der Waals surface area (Å²) in [4.78, 5) is 15.7. The number of aromatic nitrogens is 2. The van der Waals surface area contributed by atoms with E-state index in [2.05, 4.69) is 11.1 Å². The lowest BCUT2D eigenvalue weighted by Gasteiger charge is -2.06. The van der Waals surface area contributed by atoms with Crippen molar-refractivity contribution in [3.8, 4) is 6.07 Å². The fraction of sp³-hybridized carbons (Fsp3) is 0.267. The van der Waals surface area contributed by atoms with Gasteiger partial charge in [0.1, 0.15) is 11.5 Å². The molecule has 0 unspecified atom stereocenters. The number of hydrogen-bond acceptors (Lipinski definition) is 3. The van der Waals surface area contributed by atoms with E-state index in [4.69, 9.17) is 5.26 Å². The fourth-order valence-corrected chi connectivity index (χ4v) is 1.98. The highest BCUT2D eigenvalue weighted by atomic mass is 16.1. The molecule has 0 spiro atoms. The van der Waals surface area contributed by atoms with Crippen LogP contribution in [0.5, 0.6) is 0 Å². The molecule has 0 N–H and O–H groups in total. The van der Waals surface area contributed by atoms with Crippen molar-refractivity contribution in [2.75, 3.05) is 0 Å². The van der Waals surface area contributed by atoms with Gasteiger partial charge in [-0.2, -0.15) is 5.26 Å². The summed E-state index contributed by atoms with van der Waals surface area (Å²) in [5, 5.41) is 8.89. The largest absolute Gasteiger partial charge is 0.330 e. The minimum atomic E-state index is -0.0285. The molecule has 0 amide bonds. The lowest BCUT2D eigenvalue weighted by atomic mass is 10.1. The molecular weight excluding hydrogens is 238 g/mol. The van der Waals surface area contributed by atoms with Crippen LogP contribution in [-0.2, 0) is 13.0 Å². The molecule has 0 saturated carbocycles. The third-order valence-corrected chi connectivity index (χ3v) is 2.95. The predicted octanol–water partition coefficient (Wildman–Crippen LogP) is 2.57. The van der Waals surface area contributed by atoms with Crippen LogP contribution in [0.15, 0.2) is 30.5 Å². The smallest absolute Gasteiger partial charge is 0.179 e. The molecule has 0 saturated heterocycles. The molecule has 4 heteroatoms. The standard InChI is InChI=1S/C15H15N3O/c1-3-15-17-14(11(2)19)10-18(15)9-13-6-4-5-12(7-13)8-16/h4-7,10H,3,9H2,1-2H3. The van der Waals surface area contributed by atoms with Gasteiger partial charge in [0, 0.05) is 26.1 Å². The summed E-state index contributed by atoms with van der Waals surface area (Å²) in [6, 6.07) is 9.59. The zero-order chi connectivity index (χ0) is 13.8. The minimum absolute atomic E-state index is 0.0285. The van der Waals surface area contributed by atoms with Gasteiger partial charge in [-0.05, 0) is 17.7 Å². The Bertz CT molecular complexity index is 650. The van der Waals surface area contributed by atoms with Gasteiger partial charge in [-0.25, -0.2) is 4.98 Å². The lowest BCUT2D eigenvalue weighted by molar-refractivity contribution is 0.101. The Hall–Kier alpha value is -2.41. The highest BCUT2D eigenvalue weighted by molar-refractivity contribution is 5.91. The molecule has 0 bridgehead atoms. The maximum atomic E-state index is 11.4. The van der Waals surface area contributed by atoms with E-state index in [0.29, 0.717) is 17.8 Å². The Morgan fingerprint density at radius 1 is 1.47 bits per heavy atom. The maximum absolute atomic E-state index is 11.4. The fourth-order valence-electron chi connectivity index (χ4n) is 1.98. The van der Waals surface area contributed by atoms with E-state index >= 15 is 0 Å². The van der Waals surface area contributed by atoms with Crippen LogP contribution in [0, 0.1) is 11.3 Å². The van der Waals surface area contributed by atoms with Crippen molar-refractivity contribution in [3.05, 3.63) is 53.1 Å². The molecule has 1 aromatic heterocycles. The van der Waals surface area contributed by atoms with Gasteiger partial charge in [-0.3, -0.25) is 4.79 Å². The lowest BCUT2D eigenvalue weighted by Crippen LogP contribution is -2.03. The molecule has 0 aliphatic carbocycles. The van der Waals surface area contributed by atoms with Crippen LogP contribution in [0.4, 0.5) is 0 Å². The first-order valence-corrected chi connectivity index (χ1v) is 6.20. The van der Waals surface area contributed by atoms with E-state index in [9.17, 15) is 4.79 Å². The monoisotopic (exact) mass is 253 g/mol. The molecular formula is C15H15N3O. The molecule has 2 rings (SSSR count). The molecule has 1 heterocycles. The Morgan fingerprint density at radius 3 is 2.89 bits per heavy atom. The van der Waals surface area contributed by atoms with Crippen LogP contribution in [0.1, 0.15) is 41.3 Å². The second-order valence-electron chi connectivity index (χ2n) is 4.39. The molecule has 0 radical (unpaired) electrons. The molecule has 0 aliphatic heterocycles. The molecule has 0 atom stereocenters. The molecule has 1 aromatic carbocycles. The quantitative estimate of drug-likeness (QED) is 0.787. The van der Waals surface area contributed by atoms with E-state index in [-0.39, 0.29) is 5.78 Å². The average molecular weight is 253 g/mol. The van der Waals surface area contributed by atoms with Crippen molar-refractivity contribution in [1.82, 2.24) is 9.55 Å². The van der Waals surface area contributed by atoms with Gasteiger partial charge in [0.15, 0.2) is 5.78 Å². The van der Waals surface area contributed by atoms with E-state index < -0.39 is 0 Å². The number of nitrogens with zero attached hydrogens (tertiary/aromatic N) is 3. The average Bonchev–Trinajstić information content (AvgIpc) is 2.82. The van der Waals surface area contributed by atoms with Crippen LogP contribution in [0.3, 0.4) is 0 Å². The van der Waals surface area contributed by atoms with Gasteiger partial charge in [0.2, 0.25) is 0 Å². The SMILES string of the molecule is CCc1nc(C(C)=O)cn1Cc1cccc(C#N)c1. The number of ketones is 1. The summed E-state index contributed by atoms with van der Waals surface area (Å²) in [5.74, 6) is 0.854. The van der Waals surface area contributed by atoms with Crippen molar-refractivity contribution >= 4 is 5.78 Å². The summed E-state index contributed by atoms with van der Waals surface area (Å²) in [6.45, 7) is 4.15. The molecule has 4 nitrogen and oxygen atoms in total. The van der Waals surface area contributed by atoms with Gasteiger partial charge in [0.25, 0.3) is 0 Å². The van der Waals surface area contributed by atoms with Crippen molar-refractivity contribution in [1.29, 1.82) is 5.26 Å². The first-order chi connectivity index (χ1) is 9.13. The first kappa shape index (κ1) is 13.0. The zero-order valence-corrected chi connectivity index (χ0v) is 11.1. The number of rotatable bonds is 4. The van der Waals surface area contributed by atoms with E-state index in [1.807, 2.05) is 29.7 Å². The number of benzene rings is 1. The van der Waals surface area contributed by atoms with Crippen LogP contribution in [0.2, 0.25) is 0 Å². The Labute approximate surface area is 112 Å². The van der Waals surface area contributed by atoms with Gasteiger partial charge in [-0.1, -0.05) is 19.1 Å². The summed E-state index contributed by atoms with van der Waals surface area (Å²) in [6.07, 6.45) is 2.55. The number of carbonyl (C=O) groups is 1. The summed E-state index contributed by atoms with van der Waals surface area (Å²) < 4.78 is 1.97. The molecule has 19 heavy (non-hydrogen) atoms. The molecule has 2 aromatic rings. The minimum Gasteiger partial charge on any atom is -0.330 e. The number of aryl methyl sites for hydroxylation is 1. The number of hydrogen-bond donors (Lipinski definition) is 0. The van der Waals surface area contributed by atoms with Crippen molar-refractivity contribution in [2.24, 2.45) is 0 Å². The highest BCUT2D eigenvalue weighted by Crippen LogP contribution is 2.11. The zero-order valence-electron chi connectivity index (χ0n) is 11.1. The first-order valence-electron chi connectivity index (χ1n) is 6.20. The van der Waals surface area contributed by atoms with Gasteiger partial charge in [0.05, 0.1) is 11.6 Å². The Morgan fingerprint density at radius 2 is 2.26 bits per heavy atom. The number of nitriles is 1. The summed E-state index contributed by atoms with van der Waals surface area (Å²) in [5.41, 5.74) is 2.16. The highest BCUT2D eigenvalue weighted by Gasteiger charge is 2.10. The van der Waals surface area contributed by atoms with Crippen molar-refractivity contribution < 1.29 is 4.79 Å². The molecule has 0 aliphatic rings. The third-order valence-electron chi connectivity index (χ3n) is 2.95. The van der Waals surface area contributed by atoms with Crippen LogP contribution in [-0.4, -0.2) is 15.3 Å². The van der Waals surface area contributed by atoms with E-state index in [0.717, 1.165) is 17.8 Å². The predicted molar refractivity (Wildman–Crippen MR) is 71.9 cm³/mol. The third kappa shape index (κ3) is 2.89. The second-order valence-corrected chi connectivity index (χ2v) is 4.39. The van der Waals surface area contributed by atoms with Crippen molar-refractivity contribution in [3.63, 3.8) is 0 Å². The van der Waals surface area contributed by atoms with Crippen LogP contribution >= 0.6 is 0 Å². The number of Topliss-reactive ketones (excluding diaryl/α,β-unsaturated/α-hetero) is 1. The van der Waals surface area contributed by atoms with Gasteiger partial charge < -0.3 is 4.57 Å². The summed E-state index contributed by atoms with van der Waals surface area (Å²) >= 11 is 0. The normalized spacial score (nSPS) is 10.2. The van der Waals surface area contributed by atoms with E-state index in [1.54, 1.807) is 12.3 Å². The Kier molecular flexibility index (Phi) is 3.76. The molecule has 0 fully saturated rings.